The Balaban J connectivity index is 1.39. The van der Waals surface area contributed by atoms with Crippen molar-refractivity contribution in [3.63, 3.8) is 0 Å². The highest BCUT2D eigenvalue weighted by atomic mass is 16.5. The third kappa shape index (κ3) is 4.96. The molecule has 10 nitrogen and oxygen atoms in total. The van der Waals surface area contributed by atoms with Crippen molar-refractivity contribution in [3.05, 3.63) is 40.8 Å². The van der Waals surface area contributed by atoms with Crippen LogP contribution < -0.4 is 15.5 Å². The number of anilines is 2. The summed E-state index contributed by atoms with van der Waals surface area (Å²) in [6, 6.07) is 2.73. The highest BCUT2D eigenvalue weighted by molar-refractivity contribution is 5.94. The van der Waals surface area contributed by atoms with Gasteiger partial charge in [0, 0.05) is 37.4 Å². The van der Waals surface area contributed by atoms with Gasteiger partial charge in [-0.05, 0) is 25.0 Å². The van der Waals surface area contributed by atoms with E-state index < -0.39 is 5.97 Å². The number of carbonyl (C=O) groups is 2. The first-order valence-corrected chi connectivity index (χ1v) is 11.0. The molecule has 1 amide bonds. The van der Waals surface area contributed by atoms with Crippen molar-refractivity contribution in [1.29, 1.82) is 0 Å². The molecular weight excluding hydrogens is 412 g/mol. The van der Waals surface area contributed by atoms with Crippen molar-refractivity contribution in [2.24, 2.45) is 0 Å². The Morgan fingerprint density at radius 3 is 2.88 bits per heavy atom. The summed E-state index contributed by atoms with van der Waals surface area (Å²) in [5.41, 5.74) is 2.19. The van der Waals surface area contributed by atoms with Crippen LogP contribution in [-0.4, -0.2) is 57.6 Å². The Kier molecular flexibility index (Phi) is 6.79. The number of aromatic carboxylic acids is 1. The summed E-state index contributed by atoms with van der Waals surface area (Å²) in [5, 5.41) is 15.4. The molecular formula is C22H28N6O4. The van der Waals surface area contributed by atoms with Crippen LogP contribution in [0.3, 0.4) is 0 Å². The zero-order valence-corrected chi connectivity index (χ0v) is 18.1. The summed E-state index contributed by atoms with van der Waals surface area (Å²) in [4.78, 5) is 39.0. The van der Waals surface area contributed by atoms with Crippen molar-refractivity contribution in [2.45, 2.75) is 51.9 Å². The van der Waals surface area contributed by atoms with Gasteiger partial charge in [0.05, 0.1) is 24.5 Å². The Morgan fingerprint density at radius 2 is 2.12 bits per heavy atom. The number of hydrogen-bond acceptors (Lipinski definition) is 8. The van der Waals surface area contributed by atoms with E-state index in [1.807, 2.05) is 0 Å². The lowest BCUT2D eigenvalue weighted by atomic mass is 10.2. The van der Waals surface area contributed by atoms with Crippen LogP contribution >= 0.6 is 0 Å². The quantitative estimate of drug-likeness (QED) is 0.502. The first kappa shape index (κ1) is 21.9. The number of pyridine rings is 1. The average molecular weight is 441 g/mol. The van der Waals surface area contributed by atoms with Gasteiger partial charge in [-0.1, -0.05) is 19.8 Å². The monoisotopic (exact) mass is 440 g/mol. The third-order valence-corrected chi connectivity index (χ3v) is 5.69. The van der Waals surface area contributed by atoms with Crippen molar-refractivity contribution >= 4 is 23.6 Å². The van der Waals surface area contributed by atoms with Crippen LogP contribution in [0.25, 0.3) is 0 Å². The minimum absolute atomic E-state index is 0.0467. The summed E-state index contributed by atoms with van der Waals surface area (Å²) in [6.07, 6.45) is 5.37. The molecule has 2 aliphatic rings. The van der Waals surface area contributed by atoms with Gasteiger partial charge in [0.1, 0.15) is 11.5 Å². The van der Waals surface area contributed by atoms with Crippen molar-refractivity contribution in [1.82, 2.24) is 20.3 Å². The highest BCUT2D eigenvalue weighted by Gasteiger charge is 2.29. The molecule has 32 heavy (non-hydrogen) atoms. The number of ether oxygens (including phenoxy) is 1. The lowest BCUT2D eigenvalue weighted by Crippen LogP contribution is -2.37. The van der Waals surface area contributed by atoms with Gasteiger partial charge in [0.2, 0.25) is 5.95 Å². The van der Waals surface area contributed by atoms with Gasteiger partial charge in [-0.3, -0.25) is 9.78 Å². The second-order valence-corrected chi connectivity index (χ2v) is 8.07. The maximum Gasteiger partial charge on any atom is 0.337 e. The number of nitrogens with one attached hydrogen (secondary N) is 2. The molecule has 0 aromatic carbocycles. The topological polar surface area (TPSA) is 130 Å². The number of unbranched alkanes of at least 4 members (excludes halogenated alkanes) is 2. The molecule has 170 valence electrons. The van der Waals surface area contributed by atoms with Crippen LogP contribution in [0.1, 0.15) is 64.7 Å². The largest absolute Gasteiger partial charge is 0.478 e. The van der Waals surface area contributed by atoms with Gasteiger partial charge in [0.25, 0.3) is 5.91 Å². The number of carboxylic acids is 1. The molecule has 4 heterocycles. The average Bonchev–Trinajstić information content (AvgIpc) is 3.46. The maximum absolute atomic E-state index is 12.5. The van der Waals surface area contributed by atoms with Gasteiger partial charge >= 0.3 is 5.97 Å². The summed E-state index contributed by atoms with van der Waals surface area (Å²) in [5.74, 6) is 0.0898. The van der Waals surface area contributed by atoms with Crippen LogP contribution in [0, 0.1) is 0 Å². The molecule has 1 atom stereocenters. The predicted octanol–water partition coefficient (Wildman–Crippen LogP) is 2.21. The molecule has 2 aromatic rings. The summed E-state index contributed by atoms with van der Waals surface area (Å²) < 4.78 is 5.58. The molecule has 3 N–H and O–H groups in total. The molecule has 1 saturated heterocycles. The Morgan fingerprint density at radius 1 is 1.25 bits per heavy atom. The number of carbonyl (C=O) groups excluding carboxylic acids is 1. The zero-order valence-electron chi connectivity index (χ0n) is 18.1. The van der Waals surface area contributed by atoms with E-state index in [4.69, 9.17) is 19.8 Å². The van der Waals surface area contributed by atoms with Crippen molar-refractivity contribution in [2.75, 3.05) is 29.9 Å². The van der Waals surface area contributed by atoms with Gasteiger partial charge in [-0.25, -0.2) is 9.78 Å². The lowest BCUT2D eigenvalue weighted by molar-refractivity contribution is 0.0695. The van der Waals surface area contributed by atoms with E-state index in [-0.39, 0.29) is 23.2 Å². The van der Waals surface area contributed by atoms with E-state index in [2.05, 4.69) is 27.4 Å². The number of aromatic nitrogens is 3. The number of carboxylic acid groups (broad SMARTS) is 1. The third-order valence-electron chi connectivity index (χ3n) is 5.69. The first-order valence-electron chi connectivity index (χ1n) is 11.0. The summed E-state index contributed by atoms with van der Waals surface area (Å²) in [6.45, 7) is 5.37. The van der Waals surface area contributed by atoms with E-state index in [0.29, 0.717) is 25.7 Å². The normalized spacial score (nSPS) is 17.3. The molecule has 1 fully saturated rings. The second-order valence-electron chi connectivity index (χ2n) is 8.07. The molecule has 1 unspecified atom stereocenters. The molecule has 2 aliphatic heterocycles. The molecule has 10 heteroatoms. The van der Waals surface area contributed by atoms with E-state index in [9.17, 15) is 9.59 Å². The number of rotatable bonds is 9. The summed E-state index contributed by atoms with van der Waals surface area (Å²) >= 11 is 0. The molecule has 2 aromatic heterocycles. The van der Waals surface area contributed by atoms with Crippen LogP contribution in [0.2, 0.25) is 0 Å². The minimum Gasteiger partial charge on any atom is -0.478 e. The number of hydrogen-bond donors (Lipinski definition) is 3. The number of nitrogens with zero attached hydrogens (tertiary/aromatic N) is 4. The van der Waals surface area contributed by atoms with Gasteiger partial charge in [0.15, 0.2) is 0 Å². The van der Waals surface area contributed by atoms with E-state index in [1.165, 1.54) is 24.8 Å². The standard InChI is InChI=1S/C22H28N6O4/c1-2-3-4-8-23-19-16-12-32-13-18(16)26-22(27-19)28-9-7-15(11-28)25-20(29)17-6-5-14(10-24-17)21(30)31/h5-6,10,15H,2-4,7-9,11-13H2,1H3,(H,25,29)(H,30,31)(H,23,26,27). The van der Waals surface area contributed by atoms with Crippen LogP contribution in [-0.2, 0) is 18.0 Å². The van der Waals surface area contributed by atoms with Crippen LogP contribution in [0.5, 0.6) is 0 Å². The minimum atomic E-state index is -1.07. The molecule has 0 bridgehead atoms. The Labute approximate surface area is 186 Å². The number of amides is 1. The predicted molar refractivity (Wildman–Crippen MR) is 118 cm³/mol. The van der Waals surface area contributed by atoms with Crippen LogP contribution in [0.15, 0.2) is 18.3 Å². The highest BCUT2D eigenvalue weighted by Crippen LogP contribution is 2.28. The van der Waals surface area contributed by atoms with Crippen molar-refractivity contribution < 1.29 is 19.4 Å². The van der Waals surface area contributed by atoms with Crippen molar-refractivity contribution in [3.8, 4) is 0 Å². The molecule has 0 spiro atoms. The van der Waals surface area contributed by atoms with E-state index in [0.717, 1.165) is 49.4 Å². The van der Waals surface area contributed by atoms with E-state index >= 15 is 0 Å². The Bertz CT molecular complexity index is 981. The molecule has 4 rings (SSSR count). The molecule has 0 radical (unpaired) electrons. The number of fused-ring (bicyclic) bond motifs is 1. The summed E-state index contributed by atoms with van der Waals surface area (Å²) in [7, 11) is 0. The van der Waals surface area contributed by atoms with Gasteiger partial charge in [-0.2, -0.15) is 4.98 Å². The smallest absolute Gasteiger partial charge is 0.337 e. The maximum atomic E-state index is 12.5. The van der Waals surface area contributed by atoms with Gasteiger partial charge < -0.3 is 25.4 Å². The van der Waals surface area contributed by atoms with E-state index in [1.54, 1.807) is 0 Å². The van der Waals surface area contributed by atoms with Gasteiger partial charge in [-0.15, -0.1) is 0 Å². The SMILES string of the molecule is CCCCCNc1nc(N2CCC(NC(=O)c3ccc(C(=O)O)cn3)C2)nc2c1COC2. The lowest BCUT2D eigenvalue weighted by Gasteiger charge is -2.19. The molecule has 0 aliphatic carbocycles. The molecule has 0 saturated carbocycles. The van der Waals surface area contributed by atoms with Crippen LogP contribution in [0.4, 0.5) is 11.8 Å². The second kappa shape index (κ2) is 9.90. The zero-order chi connectivity index (χ0) is 22.5. The fourth-order valence-electron chi connectivity index (χ4n) is 3.88. The fraction of sp³-hybridized carbons (Fsp3) is 0.500. The Hall–Kier alpha value is -3.27. The first-order chi connectivity index (χ1) is 15.5. The fourth-order valence-corrected chi connectivity index (χ4v) is 3.88.